The minimum Gasteiger partial charge on any atom is -0.459 e. The molecule has 0 aliphatic heterocycles. The molecule has 3 aromatic carbocycles. The number of benzene rings is 3. The van der Waals surface area contributed by atoms with Crippen LogP contribution >= 0.6 is 0 Å². The molecule has 1 atom stereocenters. The lowest BCUT2D eigenvalue weighted by atomic mass is 9.77. The minimum absolute atomic E-state index is 0.288. The van der Waals surface area contributed by atoms with Crippen LogP contribution < -0.4 is 5.73 Å². The lowest BCUT2D eigenvalue weighted by Crippen LogP contribution is -2.39. The van der Waals surface area contributed by atoms with Gasteiger partial charge in [0.05, 0.1) is 12.0 Å². The summed E-state index contributed by atoms with van der Waals surface area (Å²) in [7, 11) is 0. The smallest absolute Gasteiger partial charge is 0.323 e. The van der Waals surface area contributed by atoms with Crippen molar-refractivity contribution >= 4 is 5.97 Å². The largest absolute Gasteiger partial charge is 0.459 e. The molecule has 0 aliphatic rings. The second-order valence-corrected chi connectivity index (χ2v) is 9.42. The van der Waals surface area contributed by atoms with E-state index in [1.165, 1.54) is 0 Å². The highest BCUT2D eigenvalue weighted by Gasteiger charge is 2.38. The highest BCUT2D eigenvalue weighted by molar-refractivity contribution is 5.76. The van der Waals surface area contributed by atoms with Gasteiger partial charge in [-0.15, -0.1) is 0 Å². The number of nitrogens with two attached hydrogens (primary N) is 1. The number of rotatable bonds is 7. The Kier molecular flexibility index (Phi) is 6.66. The van der Waals surface area contributed by atoms with Crippen LogP contribution in [0.5, 0.6) is 0 Å². The molecule has 34 heavy (non-hydrogen) atoms. The molecule has 4 aromatic rings. The van der Waals surface area contributed by atoms with Crippen LogP contribution in [0.2, 0.25) is 0 Å². The van der Waals surface area contributed by atoms with Crippen LogP contribution in [-0.4, -0.2) is 27.2 Å². The van der Waals surface area contributed by atoms with E-state index in [-0.39, 0.29) is 6.42 Å². The van der Waals surface area contributed by atoms with Gasteiger partial charge in [-0.05, 0) is 37.5 Å². The van der Waals surface area contributed by atoms with Crippen molar-refractivity contribution < 1.29 is 9.53 Å². The molecule has 0 radical (unpaired) electrons. The van der Waals surface area contributed by atoms with Crippen molar-refractivity contribution in [2.24, 2.45) is 5.73 Å². The third-order valence-corrected chi connectivity index (χ3v) is 5.74. The summed E-state index contributed by atoms with van der Waals surface area (Å²) in [5, 5.41) is 0. The maximum Gasteiger partial charge on any atom is 0.323 e. The first-order valence-corrected chi connectivity index (χ1v) is 11.5. The van der Waals surface area contributed by atoms with Gasteiger partial charge in [-0.3, -0.25) is 4.79 Å². The molecule has 1 heterocycles. The quantitative estimate of drug-likeness (QED) is 0.318. The molecule has 5 heteroatoms. The summed E-state index contributed by atoms with van der Waals surface area (Å²) in [5.74, 6) is -0.428. The molecule has 0 spiro atoms. The lowest BCUT2D eigenvalue weighted by Gasteiger charge is -2.37. The molecule has 0 fully saturated rings. The number of imidazole rings is 1. The molecule has 0 aliphatic carbocycles. The summed E-state index contributed by atoms with van der Waals surface area (Å²) in [6, 6.07) is 30.3. The van der Waals surface area contributed by atoms with E-state index in [2.05, 4.69) is 45.9 Å². The molecule has 1 aromatic heterocycles. The zero-order chi connectivity index (χ0) is 24.2. The maximum absolute atomic E-state index is 12.4. The van der Waals surface area contributed by atoms with E-state index < -0.39 is 23.2 Å². The van der Waals surface area contributed by atoms with E-state index in [0.29, 0.717) is 0 Å². The number of hydrogen-bond acceptors (Lipinski definition) is 4. The van der Waals surface area contributed by atoms with E-state index >= 15 is 0 Å². The Hall–Kier alpha value is -3.70. The first-order valence-electron chi connectivity index (χ1n) is 11.5. The van der Waals surface area contributed by atoms with Crippen molar-refractivity contribution in [1.29, 1.82) is 0 Å². The van der Waals surface area contributed by atoms with Gasteiger partial charge in [0, 0.05) is 12.6 Å². The van der Waals surface area contributed by atoms with Crippen molar-refractivity contribution in [3.8, 4) is 0 Å². The standard InChI is InChI=1S/C29H31N3O2/c1-28(2,3)34-27(33)26(30)19-25-20-32(21-31-25)29(22-13-7-4-8-14-22,23-15-9-5-10-16-23)24-17-11-6-12-18-24/h4-18,20-21,26H,19,30H2,1-3H3/t26-/m1/s1. The number of carbonyl (C=O) groups excluding carboxylic acids is 1. The summed E-state index contributed by atoms with van der Waals surface area (Å²) in [5.41, 5.74) is 8.99. The molecular weight excluding hydrogens is 422 g/mol. The van der Waals surface area contributed by atoms with Crippen molar-refractivity contribution in [1.82, 2.24) is 9.55 Å². The summed E-state index contributed by atoms with van der Waals surface area (Å²) < 4.78 is 7.57. The van der Waals surface area contributed by atoms with E-state index in [1.807, 2.05) is 87.9 Å². The van der Waals surface area contributed by atoms with E-state index in [0.717, 1.165) is 22.4 Å². The fourth-order valence-corrected chi connectivity index (χ4v) is 4.32. The molecule has 4 rings (SSSR count). The van der Waals surface area contributed by atoms with Crippen molar-refractivity contribution in [3.63, 3.8) is 0 Å². The van der Waals surface area contributed by atoms with Crippen LogP contribution in [0, 0.1) is 0 Å². The fraction of sp³-hybridized carbons (Fsp3) is 0.241. The highest BCUT2D eigenvalue weighted by atomic mass is 16.6. The van der Waals surface area contributed by atoms with Crippen LogP contribution in [0.4, 0.5) is 0 Å². The Morgan fingerprint density at radius 2 is 1.29 bits per heavy atom. The summed E-state index contributed by atoms with van der Waals surface area (Å²) in [6.45, 7) is 5.50. The zero-order valence-corrected chi connectivity index (χ0v) is 19.9. The molecule has 0 amide bonds. The predicted octanol–water partition coefficient (Wildman–Crippen LogP) is 4.93. The van der Waals surface area contributed by atoms with Gasteiger partial charge < -0.3 is 15.0 Å². The molecular formula is C29H31N3O2. The van der Waals surface area contributed by atoms with E-state index in [4.69, 9.17) is 10.5 Å². The van der Waals surface area contributed by atoms with Gasteiger partial charge in [0.25, 0.3) is 0 Å². The van der Waals surface area contributed by atoms with Crippen LogP contribution in [0.1, 0.15) is 43.2 Å². The number of ether oxygens (including phenoxy) is 1. The maximum atomic E-state index is 12.4. The predicted molar refractivity (Wildman–Crippen MR) is 134 cm³/mol. The Bertz CT molecular complexity index is 1120. The van der Waals surface area contributed by atoms with Gasteiger partial charge in [0.2, 0.25) is 0 Å². The van der Waals surface area contributed by atoms with Crippen molar-refractivity contribution in [3.05, 3.63) is 126 Å². The SMILES string of the molecule is CC(C)(C)OC(=O)[C@H](N)Cc1cn(C(c2ccccc2)(c2ccccc2)c2ccccc2)cn1. The van der Waals surface area contributed by atoms with Gasteiger partial charge >= 0.3 is 5.97 Å². The number of esters is 1. The topological polar surface area (TPSA) is 70.1 Å². The fourth-order valence-electron chi connectivity index (χ4n) is 4.32. The third-order valence-electron chi connectivity index (χ3n) is 5.74. The normalized spacial score (nSPS) is 12.8. The Morgan fingerprint density at radius 3 is 1.71 bits per heavy atom. The summed E-state index contributed by atoms with van der Waals surface area (Å²) >= 11 is 0. The van der Waals surface area contributed by atoms with Crippen LogP contribution in [0.15, 0.2) is 104 Å². The van der Waals surface area contributed by atoms with Crippen molar-refractivity contribution in [2.45, 2.75) is 44.4 Å². The van der Waals surface area contributed by atoms with Gasteiger partial charge in [-0.1, -0.05) is 91.0 Å². The van der Waals surface area contributed by atoms with Gasteiger partial charge in [-0.25, -0.2) is 4.98 Å². The number of aromatic nitrogens is 2. The van der Waals surface area contributed by atoms with Gasteiger partial charge in [0.1, 0.15) is 17.2 Å². The average Bonchev–Trinajstić information content (AvgIpc) is 3.29. The minimum atomic E-state index is -0.790. The van der Waals surface area contributed by atoms with Crippen LogP contribution in [0.25, 0.3) is 0 Å². The second-order valence-electron chi connectivity index (χ2n) is 9.42. The number of hydrogen-bond donors (Lipinski definition) is 1. The van der Waals surface area contributed by atoms with Crippen LogP contribution in [-0.2, 0) is 21.5 Å². The van der Waals surface area contributed by atoms with E-state index in [1.54, 1.807) is 0 Å². The molecule has 0 saturated heterocycles. The number of nitrogens with zero attached hydrogens (tertiary/aromatic N) is 2. The molecule has 0 saturated carbocycles. The summed E-state index contributed by atoms with van der Waals surface area (Å²) in [6.07, 6.45) is 4.09. The van der Waals surface area contributed by atoms with Crippen molar-refractivity contribution in [2.75, 3.05) is 0 Å². The molecule has 174 valence electrons. The Labute approximate surface area is 201 Å². The molecule has 5 nitrogen and oxygen atoms in total. The first kappa shape index (κ1) is 23.5. The third kappa shape index (κ3) is 4.80. The van der Waals surface area contributed by atoms with E-state index in [9.17, 15) is 4.79 Å². The number of carbonyl (C=O) groups is 1. The van der Waals surface area contributed by atoms with Crippen LogP contribution in [0.3, 0.4) is 0 Å². The van der Waals surface area contributed by atoms with Gasteiger partial charge in [0.15, 0.2) is 0 Å². The lowest BCUT2D eigenvalue weighted by molar-refractivity contribution is -0.156. The Morgan fingerprint density at radius 1 is 0.853 bits per heavy atom. The summed E-state index contributed by atoms with van der Waals surface area (Å²) in [4.78, 5) is 17.1. The first-order chi connectivity index (χ1) is 16.3. The molecule has 0 bridgehead atoms. The van der Waals surface area contributed by atoms with Gasteiger partial charge in [-0.2, -0.15) is 0 Å². The molecule has 2 N–H and O–H groups in total. The monoisotopic (exact) mass is 453 g/mol. The Balaban J connectivity index is 1.82. The zero-order valence-electron chi connectivity index (χ0n) is 19.9. The molecule has 0 unspecified atom stereocenters. The highest BCUT2D eigenvalue weighted by Crippen LogP contribution is 2.40. The second kappa shape index (κ2) is 9.65. The average molecular weight is 454 g/mol.